The van der Waals surface area contributed by atoms with Crippen LogP contribution in [0.4, 0.5) is 43.9 Å². The SMILES string of the molecule is O=C([O-])c1ccc(C(=O)OOC(F)(F)C(F)OC(F)(F)C(F)(F)C(F)(F)F)cc1. The van der Waals surface area contributed by atoms with E-state index in [4.69, 9.17) is 0 Å². The number of aromatic carboxylic acids is 1. The highest BCUT2D eigenvalue weighted by Gasteiger charge is 2.76. The highest BCUT2D eigenvalue weighted by Crippen LogP contribution is 2.48. The predicted molar refractivity (Wildman–Crippen MR) is 64.1 cm³/mol. The third-order valence-corrected chi connectivity index (χ3v) is 2.82. The molecule has 1 aromatic rings. The van der Waals surface area contributed by atoms with Crippen LogP contribution in [0.25, 0.3) is 0 Å². The zero-order valence-electron chi connectivity index (χ0n) is 13.1. The van der Waals surface area contributed by atoms with Crippen LogP contribution >= 0.6 is 0 Å². The van der Waals surface area contributed by atoms with Gasteiger partial charge in [0.15, 0.2) is 0 Å². The van der Waals surface area contributed by atoms with Crippen molar-refractivity contribution in [3.8, 4) is 0 Å². The van der Waals surface area contributed by atoms with E-state index in [0.29, 0.717) is 12.1 Å². The molecule has 0 aliphatic heterocycles. The second-order valence-corrected chi connectivity index (χ2v) is 4.90. The van der Waals surface area contributed by atoms with Crippen LogP contribution in [0.1, 0.15) is 20.7 Å². The summed E-state index contributed by atoms with van der Waals surface area (Å²) in [6, 6.07) is 2.78. The van der Waals surface area contributed by atoms with Gasteiger partial charge in [0.25, 0.3) is 6.36 Å². The van der Waals surface area contributed by atoms with Crippen molar-refractivity contribution in [2.75, 3.05) is 0 Å². The smallest absolute Gasteiger partial charge is 0.462 e. The van der Waals surface area contributed by atoms with Gasteiger partial charge in [0.1, 0.15) is 0 Å². The van der Waals surface area contributed by atoms with Crippen LogP contribution in [0.5, 0.6) is 0 Å². The summed E-state index contributed by atoms with van der Waals surface area (Å²) in [5.41, 5.74) is -1.17. The molecule has 6 nitrogen and oxygen atoms in total. The molecule has 0 bridgehead atoms. The van der Waals surface area contributed by atoms with Gasteiger partial charge in [-0.05, 0) is 17.7 Å². The van der Waals surface area contributed by atoms with E-state index in [1.807, 2.05) is 0 Å². The minimum absolute atomic E-state index is 0.474. The van der Waals surface area contributed by atoms with E-state index >= 15 is 0 Å². The number of halogens is 10. The molecule has 0 aliphatic rings. The molecule has 1 unspecified atom stereocenters. The lowest BCUT2D eigenvalue weighted by Crippen LogP contribution is -2.56. The standard InChI is InChI=1S/C13H6F10O6/c14-9(27-13(22,23)11(17,18)12(19,20)21)10(15,16)29-28-8(26)6-3-1-5(2-4-6)7(24)25/h1-4,9H,(H,24,25)/p-1. The first-order valence-electron chi connectivity index (χ1n) is 6.66. The molecular formula is C13H5F10O6-. The van der Waals surface area contributed by atoms with Gasteiger partial charge in [-0.2, -0.15) is 39.5 Å². The van der Waals surface area contributed by atoms with E-state index in [-0.39, 0.29) is 0 Å². The number of carboxylic acids is 1. The Hall–Kier alpha value is -2.62. The summed E-state index contributed by atoms with van der Waals surface area (Å²) < 4.78 is 128. The topological polar surface area (TPSA) is 84.9 Å². The predicted octanol–water partition coefficient (Wildman–Crippen LogP) is 2.83. The largest absolute Gasteiger partial charge is 0.545 e. The van der Waals surface area contributed by atoms with Crippen molar-refractivity contribution < 1.29 is 73.1 Å². The molecule has 0 spiro atoms. The number of carboxylic acid groups (broad SMARTS) is 1. The normalized spacial score (nSPS) is 14.4. The highest BCUT2D eigenvalue weighted by atomic mass is 19.4. The minimum Gasteiger partial charge on any atom is -0.545 e. The maximum Gasteiger partial charge on any atom is 0.462 e. The lowest BCUT2D eigenvalue weighted by Gasteiger charge is -2.29. The molecule has 0 heterocycles. The molecule has 29 heavy (non-hydrogen) atoms. The lowest BCUT2D eigenvalue weighted by molar-refractivity contribution is -0.496. The Labute approximate surface area is 152 Å². The number of hydrogen-bond donors (Lipinski definition) is 0. The van der Waals surface area contributed by atoms with Crippen LogP contribution in [0.2, 0.25) is 0 Å². The fourth-order valence-corrected chi connectivity index (χ4v) is 1.36. The summed E-state index contributed by atoms with van der Waals surface area (Å²) in [6.45, 7) is 0. The number of alkyl halides is 10. The molecule has 1 aromatic carbocycles. The van der Waals surface area contributed by atoms with Gasteiger partial charge in [-0.25, -0.2) is 9.18 Å². The molecule has 0 amide bonds. The van der Waals surface area contributed by atoms with Crippen molar-refractivity contribution in [1.29, 1.82) is 0 Å². The van der Waals surface area contributed by atoms with Crippen LogP contribution in [0, 0.1) is 0 Å². The first-order valence-corrected chi connectivity index (χ1v) is 6.66. The quantitative estimate of drug-likeness (QED) is 0.346. The lowest BCUT2D eigenvalue weighted by atomic mass is 10.1. The van der Waals surface area contributed by atoms with Gasteiger partial charge in [-0.1, -0.05) is 12.1 Å². The average Bonchev–Trinajstić information content (AvgIpc) is 2.58. The Bertz CT molecular complexity index is 745. The molecule has 0 N–H and O–H groups in total. The molecule has 16 heteroatoms. The van der Waals surface area contributed by atoms with E-state index in [0.717, 1.165) is 12.1 Å². The first kappa shape index (κ1) is 24.4. The monoisotopic (exact) mass is 447 g/mol. The van der Waals surface area contributed by atoms with Crippen molar-refractivity contribution in [3.05, 3.63) is 35.4 Å². The summed E-state index contributed by atoms with van der Waals surface area (Å²) in [5, 5.41) is 10.5. The molecule has 0 saturated heterocycles. The van der Waals surface area contributed by atoms with Gasteiger partial charge in [0.05, 0.1) is 11.5 Å². The molecule has 0 radical (unpaired) electrons. The van der Waals surface area contributed by atoms with Crippen molar-refractivity contribution in [2.24, 2.45) is 0 Å². The molecule has 1 atom stereocenters. The van der Waals surface area contributed by atoms with Crippen molar-refractivity contribution in [2.45, 2.75) is 30.7 Å². The summed E-state index contributed by atoms with van der Waals surface area (Å²) in [4.78, 5) is 28.0. The van der Waals surface area contributed by atoms with Gasteiger partial charge in [0, 0.05) is 0 Å². The van der Waals surface area contributed by atoms with Gasteiger partial charge < -0.3 is 9.90 Å². The zero-order chi connectivity index (χ0) is 22.8. The number of carbonyl (C=O) groups excluding carboxylic acids is 2. The maximum atomic E-state index is 13.1. The zero-order valence-corrected chi connectivity index (χ0v) is 13.1. The average molecular weight is 447 g/mol. The van der Waals surface area contributed by atoms with Crippen LogP contribution in [-0.2, 0) is 14.5 Å². The highest BCUT2D eigenvalue weighted by molar-refractivity contribution is 5.91. The van der Waals surface area contributed by atoms with Crippen LogP contribution in [0.15, 0.2) is 24.3 Å². The molecular weight excluding hydrogens is 442 g/mol. The summed E-state index contributed by atoms with van der Waals surface area (Å²) in [7, 11) is 0. The second kappa shape index (κ2) is 8.02. The Morgan fingerprint density at radius 3 is 1.72 bits per heavy atom. The van der Waals surface area contributed by atoms with Gasteiger partial charge in [0.2, 0.25) is 0 Å². The fraction of sp³-hybridized carbons (Fsp3) is 0.385. The Morgan fingerprint density at radius 1 is 0.862 bits per heavy atom. The second-order valence-electron chi connectivity index (χ2n) is 4.90. The Kier molecular flexibility index (Phi) is 6.75. The molecule has 0 aliphatic carbocycles. The molecule has 1 rings (SSSR count). The van der Waals surface area contributed by atoms with Crippen molar-refractivity contribution in [3.63, 3.8) is 0 Å². The van der Waals surface area contributed by atoms with Crippen LogP contribution in [0.3, 0.4) is 0 Å². The maximum absolute atomic E-state index is 13.1. The first-order chi connectivity index (χ1) is 12.9. The van der Waals surface area contributed by atoms with E-state index in [1.165, 1.54) is 0 Å². The summed E-state index contributed by atoms with van der Waals surface area (Å²) in [5.74, 6) is -10.6. The molecule has 0 fully saturated rings. The van der Waals surface area contributed by atoms with E-state index < -0.39 is 53.7 Å². The van der Waals surface area contributed by atoms with E-state index in [2.05, 4.69) is 14.5 Å². The third kappa shape index (κ3) is 5.47. The third-order valence-electron chi connectivity index (χ3n) is 2.82. The number of carbonyl (C=O) groups is 2. The number of benzene rings is 1. The number of hydrogen-bond acceptors (Lipinski definition) is 6. The minimum atomic E-state index is -7.06. The molecule has 0 saturated carbocycles. The van der Waals surface area contributed by atoms with Crippen molar-refractivity contribution >= 4 is 11.9 Å². The fourth-order valence-electron chi connectivity index (χ4n) is 1.36. The van der Waals surface area contributed by atoms with Crippen molar-refractivity contribution in [1.82, 2.24) is 0 Å². The Balaban J connectivity index is 2.81. The van der Waals surface area contributed by atoms with Gasteiger partial charge in [-0.3, -0.25) is 9.62 Å². The van der Waals surface area contributed by atoms with Crippen LogP contribution < -0.4 is 5.11 Å². The van der Waals surface area contributed by atoms with Crippen LogP contribution in [-0.4, -0.2) is 42.6 Å². The van der Waals surface area contributed by atoms with E-state index in [9.17, 15) is 58.6 Å². The van der Waals surface area contributed by atoms with Gasteiger partial charge in [-0.15, -0.1) is 4.89 Å². The Morgan fingerprint density at radius 2 is 1.31 bits per heavy atom. The number of rotatable bonds is 8. The van der Waals surface area contributed by atoms with E-state index in [1.54, 1.807) is 0 Å². The molecule has 0 aromatic heterocycles. The summed E-state index contributed by atoms with van der Waals surface area (Å²) >= 11 is 0. The van der Waals surface area contributed by atoms with Gasteiger partial charge >= 0.3 is 30.3 Å². The summed E-state index contributed by atoms with van der Waals surface area (Å²) in [6.07, 6.45) is -24.5. The number of ether oxygens (including phenoxy) is 1. The molecule has 164 valence electrons.